The van der Waals surface area contributed by atoms with Crippen LogP contribution in [0.2, 0.25) is 0 Å². The molecule has 0 aliphatic heterocycles. The summed E-state index contributed by atoms with van der Waals surface area (Å²) in [6.07, 6.45) is 28.2. The van der Waals surface area contributed by atoms with E-state index in [1.807, 2.05) is 60.7 Å². The lowest BCUT2D eigenvalue weighted by molar-refractivity contribution is -0.180. The molecule has 2 rings (SSSR count). The highest BCUT2D eigenvalue weighted by molar-refractivity contribution is 5.80. The highest BCUT2D eigenvalue weighted by Crippen LogP contribution is 2.31. The second-order valence-electron chi connectivity index (χ2n) is 15.4. The minimum absolute atomic E-state index is 0.173. The third-order valence-corrected chi connectivity index (χ3v) is 10.5. The molecule has 0 radical (unpaired) electrons. The summed E-state index contributed by atoms with van der Waals surface area (Å²) >= 11 is 0. The van der Waals surface area contributed by atoms with Crippen molar-refractivity contribution in [1.82, 2.24) is 0 Å². The van der Waals surface area contributed by atoms with E-state index in [1.165, 1.54) is 103 Å². The van der Waals surface area contributed by atoms with E-state index in [-0.39, 0.29) is 12.2 Å². The summed E-state index contributed by atoms with van der Waals surface area (Å²) in [4.78, 5) is 28.1. The van der Waals surface area contributed by atoms with E-state index in [0.29, 0.717) is 11.1 Å². The summed E-state index contributed by atoms with van der Waals surface area (Å²) in [5, 5.41) is 0. The van der Waals surface area contributed by atoms with E-state index in [9.17, 15) is 9.59 Å². The molecule has 0 heterocycles. The molecule has 0 bridgehead atoms. The van der Waals surface area contributed by atoms with Crippen molar-refractivity contribution >= 4 is 11.9 Å². The number of unbranched alkanes of at least 4 members (excludes halogenated alkanes) is 18. The van der Waals surface area contributed by atoms with Crippen LogP contribution in [0.25, 0.3) is 0 Å². The Morgan fingerprint density at radius 1 is 0.396 bits per heavy atom. The zero-order valence-electron chi connectivity index (χ0n) is 34.5. The molecule has 0 amide bonds. The summed E-state index contributed by atoms with van der Waals surface area (Å²) in [6, 6.07) is 18.9. The molecule has 0 fully saturated rings. The Morgan fingerprint density at radius 2 is 0.698 bits per heavy atom. The number of hydrogen-bond donors (Lipinski definition) is 0. The number of carbonyl (C=O) groups excluding carboxylic acids is 2. The smallest absolute Gasteiger partial charge is 0.340 e. The van der Waals surface area contributed by atoms with Gasteiger partial charge in [0, 0.05) is 0 Å². The Kier molecular flexibility index (Phi) is 27.8. The summed E-state index contributed by atoms with van der Waals surface area (Å²) < 4.78 is 19.0. The molecule has 4 atom stereocenters. The van der Waals surface area contributed by atoms with E-state index >= 15 is 0 Å². The quantitative estimate of drug-likeness (QED) is 0.0529. The molecule has 0 aliphatic rings. The van der Waals surface area contributed by atoms with Crippen molar-refractivity contribution in [3.05, 3.63) is 71.8 Å². The third-order valence-electron chi connectivity index (χ3n) is 10.5. The number of carbonyl (C=O) groups is 2. The lowest BCUT2D eigenvalue weighted by Gasteiger charge is -2.27. The van der Waals surface area contributed by atoms with Gasteiger partial charge >= 0.3 is 11.9 Å². The van der Waals surface area contributed by atoms with E-state index in [1.54, 1.807) is 0 Å². The van der Waals surface area contributed by atoms with Gasteiger partial charge in [-0.25, -0.2) is 9.59 Å². The fraction of sp³-hybridized carbons (Fsp3) is 0.708. The van der Waals surface area contributed by atoms with Crippen LogP contribution < -0.4 is 0 Å². The molecule has 300 valence electrons. The standard InChI is InChI=1S/C48H78O5/c1-5-9-11-13-15-17-19-21-23-31-39-43(33-7-3)51-47(49)45(41-35-27-25-28-36-41)53-46(42-37-29-26-30-38-42)48(50)52-44(34-8-4)40-32-24-22-20-18-16-14-12-10-6-2/h25-30,35-38,43-46H,5-24,31-34,39-40H2,1-4H3. The van der Waals surface area contributed by atoms with E-state index in [2.05, 4.69) is 27.7 Å². The van der Waals surface area contributed by atoms with Gasteiger partial charge in [0.05, 0.1) is 0 Å². The maximum absolute atomic E-state index is 14.0. The van der Waals surface area contributed by atoms with Crippen molar-refractivity contribution in [1.29, 1.82) is 0 Å². The van der Waals surface area contributed by atoms with Crippen LogP contribution in [-0.2, 0) is 23.8 Å². The Morgan fingerprint density at radius 3 is 1.00 bits per heavy atom. The van der Waals surface area contributed by atoms with Crippen molar-refractivity contribution in [2.24, 2.45) is 0 Å². The highest BCUT2D eigenvalue weighted by Gasteiger charge is 2.34. The van der Waals surface area contributed by atoms with Crippen LogP contribution in [0.1, 0.15) is 218 Å². The highest BCUT2D eigenvalue weighted by atomic mass is 16.6. The molecule has 0 aliphatic carbocycles. The molecule has 2 aromatic carbocycles. The van der Waals surface area contributed by atoms with Crippen LogP contribution in [-0.4, -0.2) is 24.1 Å². The lowest BCUT2D eigenvalue weighted by Crippen LogP contribution is -2.30. The molecule has 53 heavy (non-hydrogen) atoms. The van der Waals surface area contributed by atoms with E-state index < -0.39 is 24.1 Å². The van der Waals surface area contributed by atoms with Gasteiger partial charge in [0.25, 0.3) is 0 Å². The molecule has 0 saturated heterocycles. The number of ether oxygens (including phenoxy) is 3. The van der Waals surface area contributed by atoms with Crippen LogP contribution in [0.3, 0.4) is 0 Å². The van der Waals surface area contributed by atoms with Gasteiger partial charge < -0.3 is 14.2 Å². The summed E-state index contributed by atoms with van der Waals surface area (Å²) in [7, 11) is 0. The van der Waals surface area contributed by atoms with Crippen LogP contribution in [0.15, 0.2) is 60.7 Å². The summed E-state index contributed by atoms with van der Waals surface area (Å²) in [5.41, 5.74) is 1.35. The molecule has 0 aromatic heterocycles. The first-order chi connectivity index (χ1) is 26.0. The minimum atomic E-state index is -1.05. The number of benzene rings is 2. The van der Waals surface area contributed by atoms with Gasteiger partial charge in [-0.1, -0.05) is 217 Å². The molecule has 2 aromatic rings. The molecule has 0 N–H and O–H groups in total. The normalized spacial score (nSPS) is 13.7. The first-order valence-electron chi connectivity index (χ1n) is 22.2. The zero-order valence-corrected chi connectivity index (χ0v) is 34.5. The largest absolute Gasteiger partial charge is 0.460 e. The van der Waals surface area contributed by atoms with Gasteiger partial charge in [0.15, 0.2) is 12.2 Å². The Hall–Kier alpha value is -2.66. The van der Waals surface area contributed by atoms with Gasteiger partial charge in [-0.3, -0.25) is 0 Å². The SMILES string of the molecule is CCCCCCCCCCCCC(CCC)OC(=O)C(OC(C(=O)OC(CCC)CCCCCCCCCCCC)c1ccccc1)c1ccccc1. The number of esters is 2. The van der Waals surface area contributed by atoms with Crippen molar-refractivity contribution < 1.29 is 23.8 Å². The first-order valence-corrected chi connectivity index (χ1v) is 22.2. The van der Waals surface area contributed by atoms with Gasteiger partial charge in [-0.05, 0) is 49.7 Å². The van der Waals surface area contributed by atoms with Gasteiger partial charge in [-0.2, -0.15) is 0 Å². The van der Waals surface area contributed by atoms with Gasteiger partial charge in [0.2, 0.25) is 0 Å². The van der Waals surface area contributed by atoms with Crippen molar-refractivity contribution in [3.63, 3.8) is 0 Å². The van der Waals surface area contributed by atoms with Gasteiger partial charge in [-0.15, -0.1) is 0 Å². The first kappa shape index (κ1) is 46.5. The summed E-state index contributed by atoms with van der Waals surface area (Å²) in [5.74, 6) is -0.878. The Balaban J connectivity index is 2.04. The molecule has 0 spiro atoms. The van der Waals surface area contributed by atoms with Crippen molar-refractivity contribution in [2.75, 3.05) is 0 Å². The van der Waals surface area contributed by atoms with Crippen molar-refractivity contribution in [3.8, 4) is 0 Å². The molecule has 5 nitrogen and oxygen atoms in total. The second-order valence-corrected chi connectivity index (χ2v) is 15.4. The van der Waals surface area contributed by atoms with Crippen LogP contribution in [0.4, 0.5) is 0 Å². The molecule has 4 unspecified atom stereocenters. The van der Waals surface area contributed by atoms with E-state index in [4.69, 9.17) is 14.2 Å². The number of rotatable bonds is 34. The number of hydrogen-bond acceptors (Lipinski definition) is 5. The average Bonchev–Trinajstić information content (AvgIpc) is 3.17. The minimum Gasteiger partial charge on any atom is -0.460 e. The second kappa shape index (κ2) is 31.7. The van der Waals surface area contributed by atoms with E-state index in [0.717, 1.165) is 64.2 Å². The molecule has 0 saturated carbocycles. The zero-order chi connectivity index (χ0) is 38.2. The Bertz CT molecular complexity index is 1050. The maximum atomic E-state index is 14.0. The predicted molar refractivity (Wildman–Crippen MR) is 222 cm³/mol. The van der Waals surface area contributed by atoms with Gasteiger partial charge in [0.1, 0.15) is 12.2 Å². The topological polar surface area (TPSA) is 61.8 Å². The maximum Gasteiger partial charge on any atom is 0.340 e. The van der Waals surface area contributed by atoms with Crippen LogP contribution >= 0.6 is 0 Å². The molecular weight excluding hydrogens is 657 g/mol. The fourth-order valence-electron chi connectivity index (χ4n) is 7.27. The predicted octanol–water partition coefficient (Wildman–Crippen LogP) is 14.5. The van der Waals surface area contributed by atoms with Crippen molar-refractivity contribution in [2.45, 2.75) is 219 Å². The monoisotopic (exact) mass is 735 g/mol. The lowest BCUT2D eigenvalue weighted by atomic mass is 10.0. The fourth-order valence-corrected chi connectivity index (χ4v) is 7.27. The third kappa shape index (κ3) is 21.7. The van der Waals surface area contributed by atoms with Crippen LogP contribution in [0, 0.1) is 0 Å². The Labute approximate surface area is 325 Å². The van der Waals surface area contributed by atoms with Crippen LogP contribution in [0.5, 0.6) is 0 Å². The molecule has 5 heteroatoms. The molecular formula is C48H78O5. The average molecular weight is 735 g/mol. The summed E-state index contributed by atoms with van der Waals surface area (Å²) in [6.45, 7) is 8.79.